The number of nitrogens with one attached hydrogen (secondary N) is 1. The molecular weight excluding hydrogens is 292 g/mol. The summed E-state index contributed by atoms with van der Waals surface area (Å²) >= 11 is 1.16. The molecular formula is C12H19F2NO2S2. The van der Waals surface area contributed by atoms with Gasteiger partial charge in [0.15, 0.2) is 9.84 Å². The summed E-state index contributed by atoms with van der Waals surface area (Å²) in [6.45, 7) is 5.10. The van der Waals surface area contributed by atoms with Gasteiger partial charge in [0.25, 0.3) is 0 Å². The highest BCUT2D eigenvalue weighted by atomic mass is 32.2. The Morgan fingerprint density at radius 3 is 2.37 bits per heavy atom. The van der Waals surface area contributed by atoms with E-state index in [1.54, 1.807) is 19.1 Å². The lowest BCUT2D eigenvalue weighted by Gasteiger charge is -2.31. The summed E-state index contributed by atoms with van der Waals surface area (Å²) in [4.78, 5) is 0.817. The minimum atomic E-state index is -3.19. The molecule has 0 spiro atoms. The van der Waals surface area contributed by atoms with Gasteiger partial charge in [-0.1, -0.05) is 13.8 Å². The summed E-state index contributed by atoms with van der Waals surface area (Å²) in [6.07, 6.45) is -1.26. The van der Waals surface area contributed by atoms with Crippen LogP contribution in [0.5, 0.6) is 0 Å². The Labute approximate surface area is 116 Å². The first-order chi connectivity index (χ1) is 8.55. The van der Waals surface area contributed by atoms with Crippen LogP contribution in [0.1, 0.15) is 25.6 Å². The van der Waals surface area contributed by atoms with Crippen molar-refractivity contribution in [2.75, 3.05) is 6.26 Å². The topological polar surface area (TPSA) is 46.2 Å². The Morgan fingerprint density at radius 2 is 1.95 bits per heavy atom. The Bertz CT molecular complexity index is 524. The first kappa shape index (κ1) is 16.5. The van der Waals surface area contributed by atoms with Crippen LogP contribution in [0.15, 0.2) is 16.3 Å². The zero-order valence-electron chi connectivity index (χ0n) is 11.4. The summed E-state index contributed by atoms with van der Waals surface area (Å²) < 4.78 is 48.6. The standard InChI is InChI=1S/C12H19F2NO2S2/c1-8(12(2,3)11(13)14)15-7-9-5-6-10(18-9)19(4,16)17/h5-6,8,11,15H,7H2,1-4H3. The molecule has 110 valence electrons. The molecule has 1 rings (SSSR count). The molecule has 3 nitrogen and oxygen atoms in total. The van der Waals surface area contributed by atoms with Crippen molar-refractivity contribution in [1.82, 2.24) is 5.32 Å². The highest BCUT2D eigenvalue weighted by Crippen LogP contribution is 2.29. The molecule has 0 radical (unpaired) electrons. The molecule has 0 bridgehead atoms. The van der Waals surface area contributed by atoms with Crippen molar-refractivity contribution < 1.29 is 17.2 Å². The summed E-state index contributed by atoms with van der Waals surface area (Å²) in [7, 11) is -3.19. The van der Waals surface area contributed by atoms with Crippen LogP contribution in [-0.2, 0) is 16.4 Å². The molecule has 0 fully saturated rings. The molecule has 0 aliphatic heterocycles. The van der Waals surface area contributed by atoms with Gasteiger partial charge in [-0.25, -0.2) is 17.2 Å². The number of rotatable bonds is 6. The number of hydrogen-bond acceptors (Lipinski definition) is 4. The van der Waals surface area contributed by atoms with Crippen molar-refractivity contribution in [2.24, 2.45) is 5.41 Å². The maximum absolute atomic E-state index is 12.8. The van der Waals surface area contributed by atoms with Crippen molar-refractivity contribution in [2.45, 2.75) is 44.0 Å². The third-order valence-corrected chi connectivity index (χ3v) is 6.17. The lowest BCUT2D eigenvalue weighted by molar-refractivity contribution is -0.00254. The third kappa shape index (κ3) is 4.22. The van der Waals surface area contributed by atoms with Crippen molar-refractivity contribution in [3.05, 3.63) is 17.0 Å². The predicted molar refractivity (Wildman–Crippen MR) is 73.5 cm³/mol. The van der Waals surface area contributed by atoms with Gasteiger partial charge in [-0.3, -0.25) is 0 Å². The van der Waals surface area contributed by atoms with E-state index in [2.05, 4.69) is 5.32 Å². The Morgan fingerprint density at radius 1 is 1.37 bits per heavy atom. The van der Waals surface area contributed by atoms with E-state index in [1.807, 2.05) is 0 Å². The summed E-state index contributed by atoms with van der Waals surface area (Å²) in [5, 5.41) is 3.02. The normalized spacial score (nSPS) is 14.9. The molecule has 0 saturated carbocycles. The second-order valence-corrected chi connectivity index (χ2v) is 8.63. The van der Waals surface area contributed by atoms with Gasteiger partial charge in [-0.2, -0.15) is 0 Å². The zero-order chi connectivity index (χ0) is 14.8. The molecule has 1 aromatic heterocycles. The summed E-state index contributed by atoms with van der Waals surface area (Å²) in [6, 6.07) is 2.87. The average molecular weight is 311 g/mol. The minimum Gasteiger partial charge on any atom is -0.309 e. The molecule has 1 aromatic rings. The largest absolute Gasteiger partial charge is 0.309 e. The summed E-state index contributed by atoms with van der Waals surface area (Å²) in [5.41, 5.74) is -1.13. The third-order valence-electron chi connectivity index (χ3n) is 3.26. The van der Waals surface area contributed by atoms with Crippen molar-refractivity contribution in [3.63, 3.8) is 0 Å². The van der Waals surface area contributed by atoms with Crippen molar-refractivity contribution in [1.29, 1.82) is 0 Å². The monoisotopic (exact) mass is 311 g/mol. The van der Waals surface area contributed by atoms with Crippen molar-refractivity contribution in [3.8, 4) is 0 Å². The number of sulfone groups is 1. The van der Waals surface area contributed by atoms with E-state index < -0.39 is 21.7 Å². The van der Waals surface area contributed by atoms with Gasteiger partial charge in [0.1, 0.15) is 4.21 Å². The molecule has 1 unspecified atom stereocenters. The van der Waals surface area contributed by atoms with Gasteiger partial charge in [0, 0.05) is 29.1 Å². The van der Waals surface area contributed by atoms with Crippen LogP contribution in [-0.4, -0.2) is 27.1 Å². The molecule has 0 saturated heterocycles. The molecule has 19 heavy (non-hydrogen) atoms. The van der Waals surface area contributed by atoms with Crippen LogP contribution in [0.3, 0.4) is 0 Å². The molecule has 0 aromatic carbocycles. The van der Waals surface area contributed by atoms with E-state index >= 15 is 0 Å². The van der Waals surface area contributed by atoms with E-state index in [1.165, 1.54) is 13.8 Å². The lowest BCUT2D eigenvalue weighted by atomic mass is 9.86. The second kappa shape index (κ2) is 5.85. The van der Waals surface area contributed by atoms with Crippen LogP contribution in [0.2, 0.25) is 0 Å². The van der Waals surface area contributed by atoms with Crippen LogP contribution >= 0.6 is 11.3 Å². The molecule has 1 heterocycles. The predicted octanol–water partition coefficient (Wildman–Crippen LogP) is 2.92. The molecule has 0 aliphatic carbocycles. The first-order valence-electron chi connectivity index (χ1n) is 5.85. The second-order valence-electron chi connectivity index (χ2n) is 5.22. The van der Waals surface area contributed by atoms with E-state index in [0.717, 1.165) is 22.5 Å². The van der Waals surface area contributed by atoms with E-state index in [4.69, 9.17) is 0 Å². The Hall–Kier alpha value is -0.530. The highest BCUT2D eigenvalue weighted by Gasteiger charge is 2.35. The summed E-state index contributed by atoms with van der Waals surface area (Å²) in [5.74, 6) is 0. The van der Waals surface area contributed by atoms with Gasteiger partial charge >= 0.3 is 0 Å². The van der Waals surface area contributed by atoms with Crippen LogP contribution in [0.4, 0.5) is 8.78 Å². The van der Waals surface area contributed by atoms with Crippen molar-refractivity contribution >= 4 is 21.2 Å². The van der Waals surface area contributed by atoms with Gasteiger partial charge < -0.3 is 5.32 Å². The maximum Gasteiger partial charge on any atom is 0.245 e. The number of halogens is 2. The first-order valence-corrected chi connectivity index (χ1v) is 8.56. The van der Waals surface area contributed by atoms with E-state index in [9.17, 15) is 17.2 Å². The Balaban J connectivity index is 2.66. The van der Waals surface area contributed by atoms with Gasteiger partial charge in [-0.15, -0.1) is 11.3 Å². The molecule has 1 atom stereocenters. The van der Waals surface area contributed by atoms with E-state index in [-0.39, 0.29) is 6.04 Å². The average Bonchev–Trinajstić information content (AvgIpc) is 2.73. The molecule has 1 N–H and O–H groups in total. The SMILES string of the molecule is CC(NCc1ccc(S(C)(=O)=O)s1)C(C)(C)C(F)F. The van der Waals surface area contributed by atoms with Crippen LogP contribution in [0, 0.1) is 5.41 Å². The maximum atomic E-state index is 12.8. The fourth-order valence-electron chi connectivity index (χ4n) is 1.36. The lowest BCUT2D eigenvalue weighted by Crippen LogP contribution is -2.43. The number of alkyl halides is 2. The Kier molecular flexibility index (Phi) is 5.08. The van der Waals surface area contributed by atoms with Crippen LogP contribution in [0.25, 0.3) is 0 Å². The number of hydrogen-bond donors (Lipinski definition) is 1. The fraction of sp³-hybridized carbons (Fsp3) is 0.667. The molecule has 0 amide bonds. The van der Waals surface area contributed by atoms with E-state index in [0.29, 0.717) is 10.8 Å². The van der Waals surface area contributed by atoms with Crippen LogP contribution < -0.4 is 5.32 Å². The van der Waals surface area contributed by atoms with Gasteiger partial charge in [-0.05, 0) is 19.1 Å². The molecule has 0 aliphatic rings. The minimum absolute atomic E-state index is 0.296. The van der Waals surface area contributed by atoms with Gasteiger partial charge in [0.2, 0.25) is 6.43 Å². The van der Waals surface area contributed by atoms with Gasteiger partial charge in [0.05, 0.1) is 0 Å². The quantitative estimate of drug-likeness (QED) is 0.878. The number of thiophene rings is 1. The smallest absolute Gasteiger partial charge is 0.245 e. The highest BCUT2D eigenvalue weighted by molar-refractivity contribution is 7.92. The zero-order valence-corrected chi connectivity index (χ0v) is 13.0. The fourth-order valence-corrected chi connectivity index (χ4v) is 3.29. The molecule has 7 heteroatoms.